The Morgan fingerprint density at radius 2 is 2.18 bits per heavy atom. The van der Waals surface area contributed by atoms with Crippen LogP contribution in [0.3, 0.4) is 0 Å². The molecule has 0 fully saturated rings. The summed E-state index contributed by atoms with van der Waals surface area (Å²) in [7, 11) is 0. The number of allylic oxidation sites excluding steroid dienone is 2. The van der Waals surface area contributed by atoms with Crippen LogP contribution in [-0.2, 0) is 4.79 Å². The van der Waals surface area contributed by atoms with Crippen LogP contribution in [0.15, 0.2) is 28.2 Å². The Kier molecular flexibility index (Phi) is 4.20. The van der Waals surface area contributed by atoms with E-state index < -0.39 is 0 Å². The molecule has 1 rings (SSSR count). The quantitative estimate of drug-likeness (QED) is 0.509. The van der Waals surface area contributed by atoms with Crippen LogP contribution in [0.1, 0.15) is 27.7 Å². The minimum Gasteiger partial charge on any atom is -0.350 e. The van der Waals surface area contributed by atoms with E-state index in [2.05, 4.69) is 15.6 Å². The van der Waals surface area contributed by atoms with Crippen molar-refractivity contribution < 1.29 is 4.79 Å². The summed E-state index contributed by atoms with van der Waals surface area (Å²) in [5.74, 6) is 0.138. The molecule has 0 aromatic rings. The molecule has 0 aliphatic carbocycles. The van der Waals surface area contributed by atoms with E-state index in [1.165, 1.54) is 0 Å². The molecule has 92 valence electrons. The monoisotopic (exact) mass is 234 g/mol. The molecule has 0 spiro atoms. The van der Waals surface area contributed by atoms with Gasteiger partial charge >= 0.3 is 0 Å². The Balaban J connectivity index is 3.05. The van der Waals surface area contributed by atoms with Gasteiger partial charge < -0.3 is 16.0 Å². The highest BCUT2D eigenvalue weighted by molar-refractivity contribution is 6.12. The Labute approximate surface area is 101 Å². The second-order valence-electron chi connectivity index (χ2n) is 4.24. The normalized spacial score (nSPS) is 17.9. The molecule has 0 aromatic carbocycles. The molecular weight excluding hydrogens is 216 g/mol. The predicted molar refractivity (Wildman–Crippen MR) is 69.1 cm³/mol. The number of amides is 1. The summed E-state index contributed by atoms with van der Waals surface area (Å²) >= 11 is 0. The largest absolute Gasteiger partial charge is 0.350 e. The summed E-state index contributed by atoms with van der Waals surface area (Å²) in [6, 6.07) is 0.0309. The van der Waals surface area contributed by atoms with Crippen LogP contribution >= 0.6 is 0 Å². The molecule has 0 aromatic heterocycles. The third-order valence-electron chi connectivity index (χ3n) is 2.09. The van der Waals surface area contributed by atoms with Crippen molar-refractivity contribution in [2.45, 2.75) is 33.7 Å². The van der Waals surface area contributed by atoms with E-state index in [4.69, 9.17) is 5.41 Å². The number of hydrogen-bond donors (Lipinski definition) is 3. The van der Waals surface area contributed by atoms with Gasteiger partial charge in [-0.15, -0.1) is 0 Å². The number of carbonyl (C=O) groups excluding carboxylic acids is 1. The lowest BCUT2D eigenvalue weighted by atomic mass is 10.2. The zero-order valence-corrected chi connectivity index (χ0v) is 10.6. The van der Waals surface area contributed by atoms with E-state index in [1.54, 1.807) is 0 Å². The van der Waals surface area contributed by atoms with Crippen molar-refractivity contribution >= 4 is 17.8 Å². The van der Waals surface area contributed by atoms with Gasteiger partial charge in [-0.3, -0.25) is 4.79 Å². The standard InChI is InChI=1S/C12H18N4O/c1-7(2)14-12(17)10(6-13)11-15-8(3)5-9(4)16-11/h5-7,13,15H,1-4H3,(H,14,17)/b11-10-,13-6?. The van der Waals surface area contributed by atoms with Gasteiger partial charge in [0.25, 0.3) is 5.91 Å². The van der Waals surface area contributed by atoms with Crippen LogP contribution in [0, 0.1) is 5.41 Å². The molecule has 1 aliphatic rings. The van der Waals surface area contributed by atoms with Gasteiger partial charge in [-0.25, -0.2) is 4.99 Å². The first-order valence-corrected chi connectivity index (χ1v) is 5.50. The van der Waals surface area contributed by atoms with Crippen molar-refractivity contribution in [3.63, 3.8) is 0 Å². The van der Waals surface area contributed by atoms with Crippen LogP contribution < -0.4 is 10.6 Å². The molecule has 17 heavy (non-hydrogen) atoms. The zero-order valence-electron chi connectivity index (χ0n) is 10.6. The molecule has 1 heterocycles. The maximum Gasteiger partial charge on any atom is 0.256 e. The lowest BCUT2D eigenvalue weighted by Crippen LogP contribution is -2.34. The SMILES string of the molecule is CC1=CC(C)=N/C(=C(/C=N)C(=O)NC(C)C)N1. The van der Waals surface area contributed by atoms with Crippen molar-refractivity contribution in [2.24, 2.45) is 4.99 Å². The van der Waals surface area contributed by atoms with Gasteiger partial charge in [-0.05, 0) is 33.8 Å². The summed E-state index contributed by atoms with van der Waals surface area (Å²) in [6.45, 7) is 7.49. The number of nitrogens with one attached hydrogen (secondary N) is 3. The minimum absolute atomic E-state index is 0.0309. The number of aliphatic imine (C=N–C) groups is 1. The molecular formula is C12H18N4O. The Morgan fingerprint density at radius 1 is 1.53 bits per heavy atom. The van der Waals surface area contributed by atoms with Crippen molar-refractivity contribution in [2.75, 3.05) is 0 Å². The Hall–Kier alpha value is -1.91. The molecule has 0 saturated carbocycles. The second-order valence-corrected chi connectivity index (χ2v) is 4.24. The molecule has 1 aliphatic heterocycles. The summed E-state index contributed by atoms with van der Waals surface area (Å²) in [5.41, 5.74) is 1.96. The van der Waals surface area contributed by atoms with Crippen molar-refractivity contribution in [3.05, 3.63) is 23.2 Å². The van der Waals surface area contributed by atoms with Crippen LogP contribution in [0.5, 0.6) is 0 Å². The fraction of sp³-hybridized carbons (Fsp3) is 0.417. The van der Waals surface area contributed by atoms with Gasteiger partial charge in [0.05, 0.1) is 5.57 Å². The first kappa shape index (κ1) is 13.2. The van der Waals surface area contributed by atoms with E-state index in [0.717, 1.165) is 17.6 Å². The third kappa shape index (κ3) is 3.55. The molecule has 1 amide bonds. The summed E-state index contributed by atoms with van der Waals surface area (Å²) in [6.07, 6.45) is 2.90. The van der Waals surface area contributed by atoms with Gasteiger partial charge in [0.15, 0.2) is 0 Å². The lowest BCUT2D eigenvalue weighted by Gasteiger charge is -2.16. The van der Waals surface area contributed by atoms with Gasteiger partial charge in [0, 0.05) is 23.7 Å². The highest BCUT2D eigenvalue weighted by atomic mass is 16.1. The highest BCUT2D eigenvalue weighted by Crippen LogP contribution is 2.10. The Morgan fingerprint density at radius 3 is 2.65 bits per heavy atom. The highest BCUT2D eigenvalue weighted by Gasteiger charge is 2.16. The molecule has 0 saturated heterocycles. The Bertz CT molecular complexity index is 430. The maximum atomic E-state index is 11.8. The van der Waals surface area contributed by atoms with Gasteiger partial charge in [0.2, 0.25) is 0 Å². The van der Waals surface area contributed by atoms with Crippen molar-refractivity contribution in [1.82, 2.24) is 10.6 Å². The zero-order chi connectivity index (χ0) is 13.0. The molecule has 5 heteroatoms. The van der Waals surface area contributed by atoms with Crippen molar-refractivity contribution in [1.29, 1.82) is 5.41 Å². The molecule has 0 unspecified atom stereocenters. The summed E-state index contributed by atoms with van der Waals surface area (Å²) in [4.78, 5) is 16.1. The van der Waals surface area contributed by atoms with E-state index in [-0.39, 0.29) is 17.5 Å². The first-order chi connectivity index (χ1) is 7.93. The number of rotatable bonds is 3. The van der Waals surface area contributed by atoms with E-state index in [0.29, 0.717) is 5.82 Å². The van der Waals surface area contributed by atoms with Crippen LogP contribution in [-0.4, -0.2) is 23.9 Å². The van der Waals surface area contributed by atoms with E-state index >= 15 is 0 Å². The third-order valence-corrected chi connectivity index (χ3v) is 2.09. The smallest absolute Gasteiger partial charge is 0.256 e. The summed E-state index contributed by atoms with van der Waals surface area (Å²) < 4.78 is 0. The molecule has 5 nitrogen and oxygen atoms in total. The number of carbonyl (C=O) groups is 1. The predicted octanol–water partition coefficient (Wildman–Crippen LogP) is 1.34. The molecule has 3 N–H and O–H groups in total. The van der Waals surface area contributed by atoms with E-state index in [1.807, 2.05) is 33.8 Å². The number of nitrogens with zero attached hydrogens (tertiary/aromatic N) is 1. The minimum atomic E-state index is -0.288. The number of hydrogen-bond acceptors (Lipinski definition) is 4. The average molecular weight is 234 g/mol. The maximum absolute atomic E-state index is 11.8. The second kappa shape index (κ2) is 5.43. The van der Waals surface area contributed by atoms with Crippen LogP contribution in [0.25, 0.3) is 0 Å². The van der Waals surface area contributed by atoms with Crippen LogP contribution in [0.4, 0.5) is 0 Å². The summed E-state index contributed by atoms with van der Waals surface area (Å²) in [5, 5.41) is 13.1. The van der Waals surface area contributed by atoms with Gasteiger partial charge in [-0.2, -0.15) is 0 Å². The van der Waals surface area contributed by atoms with Gasteiger partial charge in [-0.1, -0.05) is 0 Å². The van der Waals surface area contributed by atoms with E-state index in [9.17, 15) is 4.79 Å². The fourth-order valence-electron chi connectivity index (χ4n) is 1.48. The van der Waals surface area contributed by atoms with Crippen molar-refractivity contribution in [3.8, 4) is 0 Å². The first-order valence-electron chi connectivity index (χ1n) is 5.50. The topological polar surface area (TPSA) is 77.3 Å². The lowest BCUT2D eigenvalue weighted by molar-refractivity contribution is -0.117. The molecule has 0 bridgehead atoms. The van der Waals surface area contributed by atoms with Gasteiger partial charge in [0.1, 0.15) is 5.82 Å². The van der Waals surface area contributed by atoms with Crippen LogP contribution in [0.2, 0.25) is 0 Å². The molecule has 0 atom stereocenters. The fourth-order valence-corrected chi connectivity index (χ4v) is 1.48. The average Bonchev–Trinajstić information content (AvgIpc) is 2.15. The molecule has 0 radical (unpaired) electrons.